The summed E-state index contributed by atoms with van der Waals surface area (Å²) in [7, 11) is 0. The summed E-state index contributed by atoms with van der Waals surface area (Å²) in [6.07, 6.45) is 2.69. The van der Waals surface area contributed by atoms with Gasteiger partial charge in [0.05, 0.1) is 6.54 Å². The molecule has 1 atom stereocenters. The van der Waals surface area contributed by atoms with Gasteiger partial charge in [0.15, 0.2) is 5.96 Å². The van der Waals surface area contributed by atoms with Crippen molar-refractivity contribution in [3.63, 3.8) is 0 Å². The molecule has 1 aromatic carbocycles. The van der Waals surface area contributed by atoms with E-state index in [1.165, 1.54) is 11.1 Å². The van der Waals surface area contributed by atoms with E-state index in [2.05, 4.69) is 46.7 Å². The lowest BCUT2D eigenvalue weighted by Gasteiger charge is -2.28. The van der Waals surface area contributed by atoms with E-state index in [9.17, 15) is 4.79 Å². The third-order valence-corrected chi connectivity index (χ3v) is 5.42. The van der Waals surface area contributed by atoms with Crippen molar-refractivity contribution in [1.29, 1.82) is 0 Å². The fraction of sp³-hybridized carbons (Fsp3) is 0.619. The molecule has 1 unspecified atom stereocenters. The van der Waals surface area contributed by atoms with Crippen LogP contribution >= 0.6 is 24.0 Å². The molecule has 156 valence electrons. The molecule has 1 saturated heterocycles. The van der Waals surface area contributed by atoms with Gasteiger partial charge in [-0.3, -0.25) is 14.7 Å². The molecule has 1 aromatic rings. The molecule has 2 heterocycles. The van der Waals surface area contributed by atoms with Gasteiger partial charge in [0.2, 0.25) is 5.91 Å². The number of hydrogen-bond acceptors (Lipinski definition) is 3. The van der Waals surface area contributed by atoms with E-state index in [-0.39, 0.29) is 29.9 Å². The average molecular weight is 499 g/mol. The molecule has 0 spiro atoms. The number of fused-ring (bicyclic) bond motifs is 1. The number of rotatable bonds is 6. The molecular weight excluding hydrogens is 465 g/mol. The summed E-state index contributed by atoms with van der Waals surface area (Å²) in [5.74, 6) is 1.11. The Morgan fingerprint density at radius 3 is 2.75 bits per heavy atom. The average Bonchev–Trinajstić information content (AvgIpc) is 3.16. The minimum absolute atomic E-state index is 0. The van der Waals surface area contributed by atoms with Crippen LogP contribution in [0.1, 0.15) is 37.8 Å². The van der Waals surface area contributed by atoms with Gasteiger partial charge in [-0.05, 0) is 30.9 Å². The molecule has 1 amide bonds. The molecule has 2 aliphatic rings. The van der Waals surface area contributed by atoms with Crippen LogP contribution in [0.25, 0.3) is 0 Å². The van der Waals surface area contributed by atoms with Crippen LogP contribution in [0, 0.1) is 0 Å². The fourth-order valence-electron chi connectivity index (χ4n) is 3.89. The maximum atomic E-state index is 11.9. The summed E-state index contributed by atoms with van der Waals surface area (Å²) < 4.78 is 0. The number of halogens is 1. The third-order valence-electron chi connectivity index (χ3n) is 5.42. The van der Waals surface area contributed by atoms with Crippen LogP contribution < -0.4 is 10.6 Å². The molecule has 0 aliphatic carbocycles. The SMILES string of the molecule is CCNC(=NCCN1CCc2ccccc2C1)NC1CCN(C(=O)CC)C1.I. The standard InChI is InChI=1S/C21H33N5O.HI/c1-3-20(27)26-13-10-19(16-26)24-21(22-4-2)23-11-14-25-12-9-17-7-5-6-8-18(17)15-25;/h5-8,19H,3-4,9-16H2,1-2H3,(H2,22,23,24);1H. The quantitative estimate of drug-likeness (QED) is 0.358. The first-order valence-electron chi connectivity index (χ1n) is 10.3. The van der Waals surface area contributed by atoms with Gasteiger partial charge in [0.1, 0.15) is 0 Å². The Balaban J connectivity index is 0.00000280. The highest BCUT2D eigenvalue weighted by atomic mass is 127. The number of carbonyl (C=O) groups is 1. The topological polar surface area (TPSA) is 60.0 Å². The first kappa shape index (κ1) is 22.9. The number of amides is 1. The van der Waals surface area contributed by atoms with Gasteiger partial charge in [-0.2, -0.15) is 0 Å². The summed E-state index contributed by atoms with van der Waals surface area (Å²) in [6.45, 7) is 10.3. The van der Waals surface area contributed by atoms with Crippen LogP contribution in [-0.2, 0) is 17.8 Å². The van der Waals surface area contributed by atoms with Crippen molar-refractivity contribution in [2.75, 3.05) is 39.3 Å². The summed E-state index contributed by atoms with van der Waals surface area (Å²) in [5, 5.41) is 6.84. The zero-order chi connectivity index (χ0) is 19.1. The van der Waals surface area contributed by atoms with Crippen LogP contribution in [0.5, 0.6) is 0 Å². The van der Waals surface area contributed by atoms with Gasteiger partial charge in [0.25, 0.3) is 0 Å². The van der Waals surface area contributed by atoms with E-state index in [1.54, 1.807) is 0 Å². The second-order valence-electron chi connectivity index (χ2n) is 7.38. The molecule has 0 saturated carbocycles. The Kier molecular flexibility index (Phi) is 9.50. The van der Waals surface area contributed by atoms with Crippen LogP contribution in [0.3, 0.4) is 0 Å². The number of nitrogens with one attached hydrogen (secondary N) is 2. The first-order valence-corrected chi connectivity index (χ1v) is 10.3. The van der Waals surface area contributed by atoms with Crippen LogP contribution in [-0.4, -0.2) is 67.0 Å². The van der Waals surface area contributed by atoms with Crippen LogP contribution in [0.4, 0.5) is 0 Å². The second-order valence-corrected chi connectivity index (χ2v) is 7.38. The van der Waals surface area contributed by atoms with E-state index in [4.69, 9.17) is 4.99 Å². The van der Waals surface area contributed by atoms with Gasteiger partial charge >= 0.3 is 0 Å². The van der Waals surface area contributed by atoms with Crippen molar-refractivity contribution in [2.24, 2.45) is 4.99 Å². The molecule has 0 radical (unpaired) electrons. The predicted octanol–water partition coefficient (Wildman–Crippen LogP) is 2.23. The Bertz CT molecular complexity index is 666. The molecule has 1 fully saturated rings. The molecule has 3 rings (SSSR count). The number of guanidine groups is 1. The number of carbonyl (C=O) groups excluding carboxylic acids is 1. The predicted molar refractivity (Wildman–Crippen MR) is 125 cm³/mol. The molecule has 2 aliphatic heterocycles. The zero-order valence-corrected chi connectivity index (χ0v) is 19.4. The summed E-state index contributed by atoms with van der Waals surface area (Å²) in [5.41, 5.74) is 2.93. The normalized spacial score (nSPS) is 19.7. The van der Waals surface area contributed by atoms with Crippen molar-refractivity contribution in [3.8, 4) is 0 Å². The molecular formula is C21H34IN5O. The van der Waals surface area contributed by atoms with E-state index in [1.807, 2.05) is 11.8 Å². The minimum Gasteiger partial charge on any atom is -0.357 e. The zero-order valence-electron chi connectivity index (χ0n) is 17.1. The summed E-state index contributed by atoms with van der Waals surface area (Å²) in [6, 6.07) is 9.03. The van der Waals surface area contributed by atoms with E-state index >= 15 is 0 Å². The lowest BCUT2D eigenvalue weighted by Crippen LogP contribution is -2.45. The lowest BCUT2D eigenvalue weighted by molar-refractivity contribution is -0.129. The maximum Gasteiger partial charge on any atom is 0.222 e. The maximum absolute atomic E-state index is 11.9. The van der Waals surface area contributed by atoms with E-state index in [0.717, 1.165) is 64.6 Å². The molecule has 2 N–H and O–H groups in total. The van der Waals surface area contributed by atoms with Crippen LogP contribution in [0.15, 0.2) is 29.3 Å². The van der Waals surface area contributed by atoms with Crippen molar-refractivity contribution in [1.82, 2.24) is 20.4 Å². The van der Waals surface area contributed by atoms with Crippen LogP contribution in [0.2, 0.25) is 0 Å². The lowest BCUT2D eigenvalue weighted by atomic mass is 10.0. The van der Waals surface area contributed by atoms with Gasteiger partial charge in [-0.15, -0.1) is 24.0 Å². The molecule has 0 aromatic heterocycles. The van der Waals surface area contributed by atoms with Crippen molar-refractivity contribution < 1.29 is 4.79 Å². The van der Waals surface area contributed by atoms with Gasteiger partial charge in [-0.25, -0.2) is 0 Å². The molecule has 7 heteroatoms. The largest absolute Gasteiger partial charge is 0.357 e. The Labute approximate surface area is 186 Å². The smallest absolute Gasteiger partial charge is 0.222 e. The highest BCUT2D eigenvalue weighted by Gasteiger charge is 2.25. The Hall–Kier alpha value is -1.35. The van der Waals surface area contributed by atoms with Crippen molar-refractivity contribution in [3.05, 3.63) is 35.4 Å². The number of aliphatic imine (C=N–C) groups is 1. The fourth-order valence-corrected chi connectivity index (χ4v) is 3.89. The van der Waals surface area contributed by atoms with Gasteiger partial charge in [0, 0.05) is 51.7 Å². The first-order chi connectivity index (χ1) is 13.2. The molecule has 0 bridgehead atoms. The van der Waals surface area contributed by atoms with Gasteiger partial charge in [-0.1, -0.05) is 31.2 Å². The summed E-state index contributed by atoms with van der Waals surface area (Å²) in [4.78, 5) is 21.0. The van der Waals surface area contributed by atoms with E-state index < -0.39 is 0 Å². The number of hydrogen-bond donors (Lipinski definition) is 2. The number of nitrogens with zero attached hydrogens (tertiary/aromatic N) is 3. The molecule has 6 nitrogen and oxygen atoms in total. The minimum atomic E-state index is 0. The highest BCUT2D eigenvalue weighted by Crippen LogP contribution is 2.18. The Morgan fingerprint density at radius 1 is 1.21 bits per heavy atom. The summed E-state index contributed by atoms with van der Waals surface area (Å²) >= 11 is 0. The number of likely N-dealkylation sites (tertiary alicyclic amines) is 1. The second kappa shape index (κ2) is 11.6. The van der Waals surface area contributed by atoms with Crippen molar-refractivity contribution >= 4 is 35.8 Å². The van der Waals surface area contributed by atoms with E-state index in [0.29, 0.717) is 12.5 Å². The monoisotopic (exact) mass is 499 g/mol. The van der Waals surface area contributed by atoms with Crippen molar-refractivity contribution in [2.45, 2.75) is 45.7 Å². The number of benzene rings is 1. The van der Waals surface area contributed by atoms with Gasteiger partial charge < -0.3 is 15.5 Å². The Morgan fingerprint density at radius 2 is 2.00 bits per heavy atom. The molecule has 28 heavy (non-hydrogen) atoms. The third kappa shape index (κ3) is 6.34. The highest BCUT2D eigenvalue weighted by molar-refractivity contribution is 14.0.